The minimum Gasteiger partial charge on any atom is -0.507 e. The van der Waals surface area contributed by atoms with Crippen molar-refractivity contribution in [2.24, 2.45) is 0 Å². The van der Waals surface area contributed by atoms with Gasteiger partial charge in [0.15, 0.2) is 0 Å². The van der Waals surface area contributed by atoms with Crippen LogP contribution in [0.15, 0.2) is 52.5 Å². The van der Waals surface area contributed by atoms with Gasteiger partial charge in [0.25, 0.3) is 11.7 Å². The SMILES string of the molecule is CCN(CC)CCN1C(=O)C(=O)C(=C(O)c2cc(Br)ccc2O)[C@H]1c1ccc(C(=O)OC)cc1. The van der Waals surface area contributed by atoms with E-state index in [2.05, 4.69) is 20.8 Å². The molecule has 0 saturated carbocycles. The van der Waals surface area contributed by atoms with Crippen molar-refractivity contribution in [3.63, 3.8) is 0 Å². The Labute approximate surface area is 206 Å². The summed E-state index contributed by atoms with van der Waals surface area (Å²) in [5.41, 5.74) is 0.773. The van der Waals surface area contributed by atoms with Crippen LogP contribution in [-0.4, -0.2) is 71.0 Å². The van der Waals surface area contributed by atoms with E-state index in [-0.39, 0.29) is 23.4 Å². The quantitative estimate of drug-likeness (QED) is 0.232. The molecule has 1 aliphatic heterocycles. The number of esters is 1. The molecule has 1 saturated heterocycles. The molecule has 9 heteroatoms. The molecule has 2 aromatic rings. The van der Waals surface area contributed by atoms with Crippen LogP contribution in [0.2, 0.25) is 0 Å². The van der Waals surface area contributed by atoms with Gasteiger partial charge in [0.2, 0.25) is 0 Å². The van der Waals surface area contributed by atoms with Crippen molar-refractivity contribution >= 4 is 39.3 Å². The number of aliphatic hydroxyl groups is 1. The molecule has 0 aromatic heterocycles. The van der Waals surface area contributed by atoms with Gasteiger partial charge in [-0.3, -0.25) is 9.59 Å². The maximum Gasteiger partial charge on any atom is 0.337 e. The van der Waals surface area contributed by atoms with Crippen LogP contribution in [0.4, 0.5) is 0 Å². The first kappa shape index (κ1) is 25.5. The van der Waals surface area contributed by atoms with Crippen molar-refractivity contribution in [2.45, 2.75) is 19.9 Å². The van der Waals surface area contributed by atoms with E-state index >= 15 is 0 Å². The monoisotopic (exact) mass is 530 g/mol. The molecule has 1 aliphatic rings. The number of phenolic OH excluding ortho intramolecular Hbond substituents is 1. The van der Waals surface area contributed by atoms with Crippen LogP contribution in [0.5, 0.6) is 5.75 Å². The average molecular weight is 531 g/mol. The fourth-order valence-electron chi connectivity index (χ4n) is 4.01. The van der Waals surface area contributed by atoms with Gasteiger partial charge in [0.05, 0.1) is 29.9 Å². The summed E-state index contributed by atoms with van der Waals surface area (Å²) < 4.78 is 5.33. The van der Waals surface area contributed by atoms with Gasteiger partial charge in [-0.2, -0.15) is 0 Å². The molecule has 0 unspecified atom stereocenters. The van der Waals surface area contributed by atoms with Crippen LogP contribution >= 0.6 is 15.9 Å². The van der Waals surface area contributed by atoms with E-state index in [1.807, 2.05) is 13.8 Å². The molecule has 1 fully saturated rings. The lowest BCUT2D eigenvalue weighted by atomic mass is 9.94. The Bertz CT molecular complexity index is 1120. The highest BCUT2D eigenvalue weighted by molar-refractivity contribution is 9.10. The Kier molecular flexibility index (Phi) is 8.11. The third kappa shape index (κ3) is 5.00. The number of nitrogens with zero attached hydrogens (tertiary/aromatic N) is 2. The molecule has 1 atom stereocenters. The van der Waals surface area contributed by atoms with Gasteiger partial charge in [-0.25, -0.2) is 4.79 Å². The second-order valence-electron chi connectivity index (χ2n) is 7.79. The van der Waals surface area contributed by atoms with Crippen LogP contribution in [0.3, 0.4) is 0 Å². The van der Waals surface area contributed by atoms with E-state index in [0.717, 1.165) is 13.1 Å². The van der Waals surface area contributed by atoms with E-state index < -0.39 is 29.5 Å². The fraction of sp³-hybridized carbons (Fsp3) is 0.320. The number of hydrogen-bond acceptors (Lipinski definition) is 7. The number of likely N-dealkylation sites (N-methyl/N-ethyl adjacent to an activating group) is 1. The summed E-state index contributed by atoms with van der Waals surface area (Å²) >= 11 is 3.30. The number of rotatable bonds is 8. The number of Topliss-reactive ketones (excluding diaryl/α,β-unsaturated/α-hetero) is 1. The molecule has 1 heterocycles. The number of methoxy groups -OCH3 is 1. The number of hydrogen-bond donors (Lipinski definition) is 2. The smallest absolute Gasteiger partial charge is 0.337 e. The summed E-state index contributed by atoms with van der Waals surface area (Å²) in [5, 5.41) is 21.5. The van der Waals surface area contributed by atoms with Gasteiger partial charge in [-0.15, -0.1) is 0 Å². The highest BCUT2D eigenvalue weighted by Gasteiger charge is 2.46. The standard InChI is InChI=1S/C25H27BrN2O6/c1-4-27(5-2)12-13-28-21(15-6-8-16(9-7-15)25(33)34-3)20(23(31)24(28)32)22(30)18-14-17(26)10-11-19(18)29/h6-11,14,21,29-30H,4-5,12-13H2,1-3H3/t21-/m1/s1. The zero-order valence-corrected chi connectivity index (χ0v) is 20.8. The van der Waals surface area contributed by atoms with E-state index in [4.69, 9.17) is 4.74 Å². The fourth-order valence-corrected chi connectivity index (χ4v) is 4.37. The van der Waals surface area contributed by atoms with Crippen LogP contribution in [0.1, 0.15) is 41.4 Å². The van der Waals surface area contributed by atoms with Gasteiger partial charge < -0.3 is 24.7 Å². The Morgan fingerprint density at radius 2 is 1.76 bits per heavy atom. The number of ketones is 1. The summed E-state index contributed by atoms with van der Waals surface area (Å²) in [4.78, 5) is 41.6. The van der Waals surface area contributed by atoms with E-state index in [1.54, 1.807) is 30.3 Å². The Balaban J connectivity index is 2.14. The van der Waals surface area contributed by atoms with E-state index in [9.17, 15) is 24.6 Å². The molecule has 0 aliphatic carbocycles. The van der Waals surface area contributed by atoms with Crippen molar-refractivity contribution in [3.05, 3.63) is 69.2 Å². The minimum absolute atomic E-state index is 0.0345. The third-order valence-electron chi connectivity index (χ3n) is 5.95. The lowest BCUT2D eigenvalue weighted by molar-refractivity contribution is -0.140. The van der Waals surface area contributed by atoms with Crippen LogP contribution in [-0.2, 0) is 14.3 Å². The molecule has 1 amide bonds. The summed E-state index contributed by atoms with van der Waals surface area (Å²) in [5.74, 6) is -2.77. The maximum absolute atomic E-state index is 13.1. The first-order chi connectivity index (χ1) is 16.2. The zero-order chi connectivity index (χ0) is 25.0. The zero-order valence-electron chi connectivity index (χ0n) is 19.2. The number of halogens is 1. The second kappa shape index (κ2) is 10.8. The van der Waals surface area contributed by atoms with Crippen molar-refractivity contribution in [2.75, 3.05) is 33.3 Å². The van der Waals surface area contributed by atoms with Gasteiger partial charge in [-0.05, 0) is 49.0 Å². The van der Waals surface area contributed by atoms with E-state index in [1.165, 1.54) is 24.1 Å². The Morgan fingerprint density at radius 1 is 1.12 bits per heavy atom. The summed E-state index contributed by atoms with van der Waals surface area (Å²) in [6, 6.07) is 9.91. The van der Waals surface area contributed by atoms with Gasteiger partial charge in [0, 0.05) is 17.6 Å². The molecule has 0 spiro atoms. The largest absolute Gasteiger partial charge is 0.507 e. The average Bonchev–Trinajstić information content (AvgIpc) is 3.10. The lowest BCUT2D eigenvalue weighted by Gasteiger charge is -2.28. The normalized spacial score (nSPS) is 17.4. The van der Waals surface area contributed by atoms with Crippen LogP contribution in [0.25, 0.3) is 5.76 Å². The predicted molar refractivity (Wildman–Crippen MR) is 130 cm³/mol. The molecule has 2 aromatic carbocycles. The van der Waals surface area contributed by atoms with Crippen LogP contribution < -0.4 is 0 Å². The Hall–Kier alpha value is -3.17. The van der Waals surface area contributed by atoms with Gasteiger partial charge in [0.1, 0.15) is 11.5 Å². The molecule has 34 heavy (non-hydrogen) atoms. The maximum atomic E-state index is 13.1. The topological polar surface area (TPSA) is 107 Å². The molecular formula is C25H27BrN2O6. The Morgan fingerprint density at radius 3 is 2.35 bits per heavy atom. The first-order valence-electron chi connectivity index (χ1n) is 10.9. The van der Waals surface area contributed by atoms with Crippen molar-refractivity contribution in [3.8, 4) is 5.75 Å². The number of phenols is 1. The van der Waals surface area contributed by atoms with Crippen molar-refractivity contribution in [1.29, 1.82) is 0 Å². The number of benzene rings is 2. The number of carbonyl (C=O) groups excluding carboxylic acids is 3. The number of carbonyl (C=O) groups is 3. The third-order valence-corrected chi connectivity index (χ3v) is 6.45. The lowest BCUT2D eigenvalue weighted by Crippen LogP contribution is -2.38. The number of amides is 1. The van der Waals surface area contributed by atoms with Crippen LogP contribution in [0, 0.1) is 0 Å². The molecule has 3 rings (SSSR count). The van der Waals surface area contributed by atoms with Gasteiger partial charge in [-0.1, -0.05) is 41.9 Å². The van der Waals surface area contributed by atoms with Crippen molar-refractivity contribution < 1.29 is 29.3 Å². The number of aliphatic hydroxyl groups excluding tert-OH is 1. The minimum atomic E-state index is -0.888. The molecule has 180 valence electrons. The predicted octanol–water partition coefficient (Wildman–Crippen LogP) is 3.70. The molecule has 8 nitrogen and oxygen atoms in total. The number of ether oxygens (including phenoxy) is 1. The highest BCUT2D eigenvalue weighted by Crippen LogP contribution is 2.41. The second-order valence-corrected chi connectivity index (χ2v) is 8.71. The number of aromatic hydroxyl groups is 1. The first-order valence-corrected chi connectivity index (χ1v) is 11.7. The molecule has 2 N–H and O–H groups in total. The summed E-state index contributed by atoms with van der Waals surface area (Å²) in [7, 11) is 1.28. The summed E-state index contributed by atoms with van der Waals surface area (Å²) in [6.45, 7) is 6.39. The van der Waals surface area contributed by atoms with Gasteiger partial charge >= 0.3 is 5.97 Å². The molecule has 0 radical (unpaired) electrons. The molecule has 0 bridgehead atoms. The highest BCUT2D eigenvalue weighted by atomic mass is 79.9. The van der Waals surface area contributed by atoms with E-state index in [0.29, 0.717) is 22.1 Å². The molecular weight excluding hydrogens is 504 g/mol. The summed E-state index contributed by atoms with van der Waals surface area (Å²) in [6.07, 6.45) is 0. The van der Waals surface area contributed by atoms with Crippen molar-refractivity contribution in [1.82, 2.24) is 9.80 Å². The number of likely N-dealkylation sites (tertiary alicyclic amines) is 1.